The highest BCUT2D eigenvalue weighted by atomic mass is 35.5. The van der Waals surface area contributed by atoms with E-state index in [9.17, 15) is 0 Å². The lowest BCUT2D eigenvalue weighted by Gasteiger charge is -2.18. The fraction of sp³-hybridized carbons (Fsp3) is 0.467. The average Bonchev–Trinajstić information content (AvgIpc) is 2.83. The van der Waals surface area contributed by atoms with Crippen LogP contribution in [0.5, 0.6) is 0 Å². The summed E-state index contributed by atoms with van der Waals surface area (Å²) in [6.07, 6.45) is 0. The largest absolute Gasteiger partial charge is 0.407 e. The molecule has 0 fully saturated rings. The van der Waals surface area contributed by atoms with Crippen LogP contribution in [0.1, 0.15) is 45.2 Å². The highest BCUT2D eigenvalue weighted by Gasteiger charge is 2.14. The molecule has 114 valence electrons. The van der Waals surface area contributed by atoms with Crippen molar-refractivity contribution >= 4 is 17.6 Å². The topological polar surface area (TPSA) is 63.0 Å². The SMILES string of the molecule is CC(Nc1nnc(CNC(C)(C)C)o1)c1ccccc1Cl. The van der Waals surface area contributed by atoms with Gasteiger partial charge < -0.3 is 15.1 Å². The Morgan fingerprint density at radius 1 is 1.24 bits per heavy atom. The van der Waals surface area contributed by atoms with Crippen LogP contribution in [0.2, 0.25) is 5.02 Å². The predicted octanol–water partition coefficient (Wildman–Crippen LogP) is 3.78. The first-order chi connectivity index (χ1) is 9.85. The lowest BCUT2D eigenvalue weighted by atomic mass is 10.1. The van der Waals surface area contributed by atoms with Gasteiger partial charge in [0.2, 0.25) is 5.89 Å². The zero-order valence-corrected chi connectivity index (χ0v) is 13.5. The Balaban J connectivity index is 1.98. The first-order valence-electron chi connectivity index (χ1n) is 6.93. The van der Waals surface area contributed by atoms with Crippen molar-refractivity contribution in [2.75, 3.05) is 5.32 Å². The average molecular weight is 309 g/mol. The maximum Gasteiger partial charge on any atom is 0.315 e. The smallest absolute Gasteiger partial charge is 0.315 e. The summed E-state index contributed by atoms with van der Waals surface area (Å²) in [6, 6.07) is 8.07. The van der Waals surface area contributed by atoms with E-state index >= 15 is 0 Å². The summed E-state index contributed by atoms with van der Waals surface area (Å²) in [5.41, 5.74) is 0.999. The number of nitrogens with one attached hydrogen (secondary N) is 2. The zero-order chi connectivity index (χ0) is 15.5. The van der Waals surface area contributed by atoms with E-state index < -0.39 is 0 Å². The Morgan fingerprint density at radius 3 is 2.62 bits per heavy atom. The van der Waals surface area contributed by atoms with Crippen molar-refractivity contribution in [1.82, 2.24) is 15.5 Å². The van der Waals surface area contributed by atoms with E-state index in [0.717, 1.165) is 5.56 Å². The number of hydrogen-bond donors (Lipinski definition) is 2. The van der Waals surface area contributed by atoms with Crippen LogP contribution in [0, 0.1) is 0 Å². The first kappa shape index (κ1) is 15.8. The van der Waals surface area contributed by atoms with Gasteiger partial charge in [0.05, 0.1) is 12.6 Å². The van der Waals surface area contributed by atoms with Gasteiger partial charge in [-0.1, -0.05) is 34.9 Å². The molecule has 1 aromatic carbocycles. The molecule has 2 N–H and O–H groups in total. The maximum absolute atomic E-state index is 6.17. The molecule has 0 aliphatic carbocycles. The number of nitrogens with zero attached hydrogens (tertiary/aromatic N) is 2. The van der Waals surface area contributed by atoms with Crippen molar-refractivity contribution in [1.29, 1.82) is 0 Å². The number of aromatic nitrogens is 2. The minimum Gasteiger partial charge on any atom is -0.407 e. The van der Waals surface area contributed by atoms with E-state index in [2.05, 4.69) is 41.6 Å². The molecule has 1 unspecified atom stereocenters. The van der Waals surface area contributed by atoms with E-state index in [4.69, 9.17) is 16.0 Å². The molecule has 2 rings (SSSR count). The van der Waals surface area contributed by atoms with Gasteiger partial charge in [0.1, 0.15) is 0 Å². The second kappa shape index (κ2) is 6.45. The molecule has 6 heteroatoms. The Labute approximate surface area is 130 Å². The van der Waals surface area contributed by atoms with E-state index in [1.165, 1.54) is 0 Å². The molecule has 0 radical (unpaired) electrons. The summed E-state index contributed by atoms with van der Waals surface area (Å²) in [5.74, 6) is 0.554. The van der Waals surface area contributed by atoms with Crippen LogP contribution in [0.4, 0.5) is 6.01 Å². The molecule has 0 spiro atoms. The monoisotopic (exact) mass is 308 g/mol. The molecule has 1 atom stereocenters. The molecule has 0 saturated heterocycles. The number of anilines is 1. The summed E-state index contributed by atoms with van der Waals surface area (Å²) < 4.78 is 5.57. The lowest BCUT2D eigenvalue weighted by molar-refractivity contribution is 0.383. The first-order valence-corrected chi connectivity index (χ1v) is 7.31. The van der Waals surface area contributed by atoms with Crippen LogP contribution in [0.3, 0.4) is 0 Å². The highest BCUT2D eigenvalue weighted by molar-refractivity contribution is 6.31. The van der Waals surface area contributed by atoms with Crippen LogP contribution < -0.4 is 10.6 Å². The molecule has 2 aromatic rings. The van der Waals surface area contributed by atoms with Crippen LogP contribution in [-0.2, 0) is 6.54 Å². The third-order valence-electron chi connectivity index (χ3n) is 2.95. The minimum absolute atomic E-state index is 0.00686. The van der Waals surface area contributed by atoms with E-state index in [1.54, 1.807) is 0 Å². The number of benzene rings is 1. The van der Waals surface area contributed by atoms with Crippen molar-refractivity contribution in [2.24, 2.45) is 0 Å². The lowest BCUT2D eigenvalue weighted by Crippen LogP contribution is -2.35. The molecule has 5 nitrogen and oxygen atoms in total. The highest BCUT2D eigenvalue weighted by Crippen LogP contribution is 2.25. The van der Waals surface area contributed by atoms with E-state index in [1.807, 2.05) is 31.2 Å². The van der Waals surface area contributed by atoms with Crippen LogP contribution in [-0.4, -0.2) is 15.7 Å². The molecule has 0 saturated carbocycles. The van der Waals surface area contributed by atoms with Gasteiger partial charge in [0.25, 0.3) is 0 Å². The fourth-order valence-corrected chi connectivity index (χ4v) is 2.11. The van der Waals surface area contributed by atoms with Crippen molar-refractivity contribution < 1.29 is 4.42 Å². The third-order valence-corrected chi connectivity index (χ3v) is 3.29. The second-order valence-electron chi connectivity index (χ2n) is 5.99. The summed E-state index contributed by atoms with van der Waals surface area (Å²) in [7, 11) is 0. The molecular weight excluding hydrogens is 288 g/mol. The summed E-state index contributed by atoms with van der Waals surface area (Å²) in [5, 5.41) is 15.2. The Bertz CT molecular complexity index is 591. The van der Waals surface area contributed by atoms with Gasteiger partial charge in [-0.05, 0) is 39.3 Å². The van der Waals surface area contributed by atoms with Gasteiger partial charge in [0, 0.05) is 10.6 Å². The molecule has 0 aliphatic rings. The Morgan fingerprint density at radius 2 is 1.95 bits per heavy atom. The van der Waals surface area contributed by atoms with Gasteiger partial charge in [-0.15, -0.1) is 5.10 Å². The molecule has 1 heterocycles. The number of rotatable bonds is 5. The normalized spacial score (nSPS) is 13.2. The van der Waals surface area contributed by atoms with Gasteiger partial charge in [-0.25, -0.2) is 0 Å². The summed E-state index contributed by atoms with van der Waals surface area (Å²) in [6.45, 7) is 8.79. The fourth-order valence-electron chi connectivity index (χ4n) is 1.81. The van der Waals surface area contributed by atoms with Gasteiger partial charge in [-0.2, -0.15) is 0 Å². The maximum atomic E-state index is 6.17. The molecule has 1 aromatic heterocycles. The minimum atomic E-state index is -0.0115. The van der Waals surface area contributed by atoms with Crippen molar-refractivity contribution in [3.63, 3.8) is 0 Å². The number of hydrogen-bond acceptors (Lipinski definition) is 5. The molecule has 0 bridgehead atoms. The summed E-state index contributed by atoms with van der Waals surface area (Å²) in [4.78, 5) is 0. The predicted molar refractivity (Wildman–Crippen MR) is 84.4 cm³/mol. The van der Waals surface area contributed by atoms with Crippen LogP contribution >= 0.6 is 11.6 Å². The Hall–Kier alpha value is -1.59. The van der Waals surface area contributed by atoms with Crippen LogP contribution in [0.15, 0.2) is 28.7 Å². The van der Waals surface area contributed by atoms with Gasteiger partial charge in [-0.3, -0.25) is 0 Å². The molecular formula is C15H21ClN4O. The second-order valence-corrected chi connectivity index (χ2v) is 6.40. The third kappa shape index (κ3) is 4.72. The van der Waals surface area contributed by atoms with Crippen molar-refractivity contribution in [3.05, 3.63) is 40.7 Å². The van der Waals surface area contributed by atoms with E-state index in [-0.39, 0.29) is 11.6 Å². The molecule has 0 aliphatic heterocycles. The van der Waals surface area contributed by atoms with Crippen molar-refractivity contribution in [3.8, 4) is 0 Å². The standard InChI is InChI=1S/C15H21ClN4O/c1-10(11-7-5-6-8-12(11)16)18-14-20-19-13(21-14)9-17-15(2,3)4/h5-8,10,17H,9H2,1-4H3,(H,18,20). The van der Waals surface area contributed by atoms with E-state index in [0.29, 0.717) is 23.5 Å². The Kier molecular flexibility index (Phi) is 4.85. The summed E-state index contributed by atoms with van der Waals surface area (Å²) >= 11 is 6.17. The van der Waals surface area contributed by atoms with Gasteiger partial charge in [0.15, 0.2) is 0 Å². The number of halogens is 1. The zero-order valence-electron chi connectivity index (χ0n) is 12.8. The quantitative estimate of drug-likeness (QED) is 0.880. The van der Waals surface area contributed by atoms with Crippen LogP contribution in [0.25, 0.3) is 0 Å². The van der Waals surface area contributed by atoms with Gasteiger partial charge >= 0.3 is 6.01 Å². The molecule has 21 heavy (non-hydrogen) atoms. The molecule has 0 amide bonds. The van der Waals surface area contributed by atoms with Crippen molar-refractivity contribution in [2.45, 2.75) is 45.8 Å².